The molecule has 0 aliphatic heterocycles. The first-order chi connectivity index (χ1) is 9.08. The lowest BCUT2D eigenvalue weighted by atomic mass is 10.1. The van der Waals surface area contributed by atoms with E-state index in [1.807, 2.05) is 38.1 Å². The van der Waals surface area contributed by atoms with Gasteiger partial charge < -0.3 is 10.5 Å². The van der Waals surface area contributed by atoms with Gasteiger partial charge in [-0.05, 0) is 31.5 Å². The van der Waals surface area contributed by atoms with Crippen molar-refractivity contribution in [2.45, 2.75) is 26.5 Å². The molecule has 3 nitrogen and oxygen atoms in total. The average Bonchev–Trinajstić information content (AvgIpc) is 2.37. The monoisotopic (exact) mass is 276 g/mol. The molecule has 1 aromatic heterocycles. The maximum atomic E-state index is 6.06. The van der Waals surface area contributed by atoms with E-state index in [0.29, 0.717) is 11.6 Å². The second kappa shape index (κ2) is 6.04. The van der Waals surface area contributed by atoms with Crippen LogP contribution in [0.25, 0.3) is 0 Å². The minimum atomic E-state index is -0.0662. The molecule has 100 valence electrons. The summed E-state index contributed by atoms with van der Waals surface area (Å²) in [5.74, 6) is 0.808. The fourth-order valence-corrected chi connectivity index (χ4v) is 1.99. The molecule has 0 bridgehead atoms. The summed E-state index contributed by atoms with van der Waals surface area (Å²) in [5, 5.41) is 0.609. The summed E-state index contributed by atoms with van der Waals surface area (Å²) in [5.41, 5.74) is 8.99. The highest BCUT2D eigenvalue weighted by Crippen LogP contribution is 2.26. The molecular formula is C15H17ClN2O. The van der Waals surface area contributed by atoms with Crippen molar-refractivity contribution in [3.63, 3.8) is 0 Å². The first kappa shape index (κ1) is 13.8. The molecule has 0 fully saturated rings. The smallest absolute Gasteiger partial charge is 0.124 e. The Morgan fingerprint density at radius 3 is 2.84 bits per heavy atom. The van der Waals surface area contributed by atoms with Gasteiger partial charge in [-0.25, -0.2) is 0 Å². The van der Waals surface area contributed by atoms with Crippen LogP contribution in [-0.4, -0.2) is 4.98 Å². The number of hydrogen-bond donors (Lipinski definition) is 1. The van der Waals surface area contributed by atoms with Gasteiger partial charge >= 0.3 is 0 Å². The molecule has 0 saturated heterocycles. The third-order valence-corrected chi connectivity index (χ3v) is 3.24. The van der Waals surface area contributed by atoms with Gasteiger partial charge in [-0.2, -0.15) is 0 Å². The molecule has 1 heterocycles. The summed E-state index contributed by atoms with van der Waals surface area (Å²) in [6.45, 7) is 4.37. The summed E-state index contributed by atoms with van der Waals surface area (Å²) < 4.78 is 5.85. The minimum Gasteiger partial charge on any atom is -0.488 e. The molecule has 2 rings (SSSR count). The maximum absolute atomic E-state index is 6.06. The van der Waals surface area contributed by atoms with E-state index in [2.05, 4.69) is 4.98 Å². The summed E-state index contributed by atoms with van der Waals surface area (Å²) in [6, 6.07) is 7.81. The molecule has 2 aromatic rings. The van der Waals surface area contributed by atoms with Crippen LogP contribution in [0.15, 0.2) is 36.7 Å². The lowest BCUT2D eigenvalue weighted by molar-refractivity contribution is 0.301. The highest BCUT2D eigenvalue weighted by Gasteiger charge is 2.09. The topological polar surface area (TPSA) is 48.1 Å². The van der Waals surface area contributed by atoms with E-state index in [1.54, 1.807) is 12.4 Å². The number of nitrogens with zero attached hydrogens (tertiary/aromatic N) is 1. The van der Waals surface area contributed by atoms with Crippen LogP contribution >= 0.6 is 11.6 Å². The van der Waals surface area contributed by atoms with Crippen LogP contribution in [-0.2, 0) is 6.61 Å². The van der Waals surface area contributed by atoms with Gasteiger partial charge in [0.25, 0.3) is 0 Å². The lowest BCUT2D eigenvalue weighted by Gasteiger charge is -2.15. The fourth-order valence-electron chi connectivity index (χ4n) is 1.82. The van der Waals surface area contributed by atoms with Crippen LogP contribution in [0.1, 0.15) is 29.7 Å². The van der Waals surface area contributed by atoms with Crippen molar-refractivity contribution in [2.24, 2.45) is 5.73 Å². The average molecular weight is 277 g/mol. The highest BCUT2D eigenvalue weighted by molar-refractivity contribution is 6.31. The molecule has 0 aliphatic rings. The number of aryl methyl sites for hydroxylation is 1. The number of halogens is 1. The molecule has 4 heteroatoms. The standard InChI is InChI=1S/C15H17ClN2O/c1-10-3-4-13(11(2)17)15(7-10)19-9-12-5-6-18-8-14(12)16/h3-8,11H,9,17H2,1-2H3. The maximum Gasteiger partial charge on any atom is 0.124 e. The molecule has 2 N–H and O–H groups in total. The SMILES string of the molecule is Cc1ccc(C(C)N)c(OCc2ccncc2Cl)c1. The predicted molar refractivity (Wildman–Crippen MR) is 77.4 cm³/mol. The second-order valence-corrected chi connectivity index (χ2v) is 4.99. The molecule has 19 heavy (non-hydrogen) atoms. The quantitative estimate of drug-likeness (QED) is 0.927. The molecule has 1 atom stereocenters. The van der Waals surface area contributed by atoms with E-state index in [1.165, 1.54) is 0 Å². The third kappa shape index (κ3) is 3.46. The number of pyridine rings is 1. The van der Waals surface area contributed by atoms with Crippen LogP contribution in [0.2, 0.25) is 5.02 Å². The number of hydrogen-bond acceptors (Lipinski definition) is 3. The van der Waals surface area contributed by atoms with Gasteiger partial charge in [-0.1, -0.05) is 23.7 Å². The van der Waals surface area contributed by atoms with E-state index in [4.69, 9.17) is 22.1 Å². The Labute approximate surface area is 118 Å². The zero-order valence-electron chi connectivity index (χ0n) is 11.1. The molecule has 0 saturated carbocycles. The van der Waals surface area contributed by atoms with Crippen LogP contribution in [0.5, 0.6) is 5.75 Å². The molecule has 0 radical (unpaired) electrons. The molecule has 0 spiro atoms. The van der Waals surface area contributed by atoms with Crippen molar-refractivity contribution in [3.05, 3.63) is 58.4 Å². The Hall–Kier alpha value is -1.58. The Morgan fingerprint density at radius 2 is 2.16 bits per heavy atom. The van der Waals surface area contributed by atoms with Gasteiger partial charge in [-0.15, -0.1) is 0 Å². The second-order valence-electron chi connectivity index (χ2n) is 4.59. The first-order valence-corrected chi connectivity index (χ1v) is 6.53. The summed E-state index contributed by atoms with van der Waals surface area (Å²) in [7, 11) is 0. The van der Waals surface area contributed by atoms with E-state index in [9.17, 15) is 0 Å². The fraction of sp³-hybridized carbons (Fsp3) is 0.267. The van der Waals surface area contributed by atoms with Crippen molar-refractivity contribution < 1.29 is 4.74 Å². The van der Waals surface area contributed by atoms with Gasteiger partial charge in [0.15, 0.2) is 0 Å². The minimum absolute atomic E-state index is 0.0662. The van der Waals surface area contributed by atoms with Crippen molar-refractivity contribution in [2.75, 3.05) is 0 Å². The first-order valence-electron chi connectivity index (χ1n) is 6.15. The summed E-state index contributed by atoms with van der Waals surface area (Å²) >= 11 is 6.06. The number of ether oxygens (including phenoxy) is 1. The van der Waals surface area contributed by atoms with E-state index < -0.39 is 0 Å². The van der Waals surface area contributed by atoms with Gasteiger partial charge in [0.1, 0.15) is 12.4 Å². The number of rotatable bonds is 4. The van der Waals surface area contributed by atoms with Crippen molar-refractivity contribution in [1.29, 1.82) is 0 Å². The molecular weight excluding hydrogens is 260 g/mol. The zero-order valence-corrected chi connectivity index (χ0v) is 11.8. The van der Waals surface area contributed by atoms with Gasteiger partial charge in [-0.3, -0.25) is 4.98 Å². The molecule has 0 aliphatic carbocycles. The van der Waals surface area contributed by atoms with Crippen LogP contribution in [0, 0.1) is 6.92 Å². The van der Waals surface area contributed by atoms with Gasteiger partial charge in [0.05, 0.1) is 5.02 Å². The van der Waals surface area contributed by atoms with Crippen LogP contribution in [0.3, 0.4) is 0 Å². The third-order valence-electron chi connectivity index (χ3n) is 2.90. The Bertz CT molecular complexity index is 570. The Balaban J connectivity index is 2.19. The van der Waals surface area contributed by atoms with E-state index in [0.717, 1.165) is 22.4 Å². The number of aromatic nitrogens is 1. The van der Waals surface area contributed by atoms with Gasteiger partial charge in [0, 0.05) is 29.6 Å². The van der Waals surface area contributed by atoms with E-state index >= 15 is 0 Å². The van der Waals surface area contributed by atoms with Crippen LogP contribution < -0.4 is 10.5 Å². The summed E-state index contributed by atoms with van der Waals surface area (Å²) in [6.07, 6.45) is 3.32. The van der Waals surface area contributed by atoms with Crippen molar-refractivity contribution >= 4 is 11.6 Å². The van der Waals surface area contributed by atoms with Crippen molar-refractivity contribution in [3.8, 4) is 5.75 Å². The van der Waals surface area contributed by atoms with E-state index in [-0.39, 0.29) is 6.04 Å². The zero-order chi connectivity index (χ0) is 13.8. The molecule has 0 amide bonds. The largest absolute Gasteiger partial charge is 0.488 e. The predicted octanol–water partition coefficient (Wildman–Crippen LogP) is 3.64. The van der Waals surface area contributed by atoms with Gasteiger partial charge in [0.2, 0.25) is 0 Å². The van der Waals surface area contributed by atoms with Crippen LogP contribution in [0.4, 0.5) is 0 Å². The Kier molecular flexibility index (Phi) is 4.40. The molecule has 1 aromatic carbocycles. The normalized spacial score (nSPS) is 12.2. The lowest BCUT2D eigenvalue weighted by Crippen LogP contribution is -2.08. The highest BCUT2D eigenvalue weighted by atomic mass is 35.5. The van der Waals surface area contributed by atoms with Crippen molar-refractivity contribution in [1.82, 2.24) is 4.98 Å². The molecule has 1 unspecified atom stereocenters. The number of nitrogens with two attached hydrogens (primary N) is 1. The summed E-state index contributed by atoms with van der Waals surface area (Å²) in [4.78, 5) is 3.95. The Morgan fingerprint density at radius 1 is 1.37 bits per heavy atom. The number of benzene rings is 1.